The van der Waals surface area contributed by atoms with E-state index in [2.05, 4.69) is 15.6 Å². The molecule has 142 valence electrons. The van der Waals surface area contributed by atoms with Crippen LogP contribution in [0, 0.1) is 0 Å². The molecule has 0 saturated carbocycles. The molecule has 8 heteroatoms. The van der Waals surface area contributed by atoms with Crippen LogP contribution in [0.15, 0.2) is 29.3 Å². The smallest absolute Gasteiger partial charge is 0.223 e. The zero-order valence-corrected chi connectivity index (χ0v) is 17.9. The second-order valence-corrected chi connectivity index (χ2v) is 5.53. The molecule has 1 atom stereocenters. The monoisotopic (exact) mass is 464 g/mol. The lowest BCUT2D eigenvalue weighted by atomic mass is 10.3. The minimum atomic E-state index is -0.0564. The highest BCUT2D eigenvalue weighted by Crippen LogP contribution is 2.19. The van der Waals surface area contributed by atoms with E-state index >= 15 is 0 Å². The number of ether oxygens (including phenoxy) is 2. The molecular weight excluding hydrogens is 435 g/mol. The van der Waals surface area contributed by atoms with Gasteiger partial charge in [-0.15, -0.1) is 24.0 Å². The number of aliphatic imine (C=N–C) groups is 1. The van der Waals surface area contributed by atoms with Crippen LogP contribution in [0.1, 0.15) is 13.3 Å². The summed E-state index contributed by atoms with van der Waals surface area (Å²) in [6, 6.07) is 7.49. The maximum Gasteiger partial charge on any atom is 0.223 e. The van der Waals surface area contributed by atoms with E-state index in [9.17, 15) is 4.79 Å². The Morgan fingerprint density at radius 2 is 1.96 bits per heavy atom. The molecule has 2 N–H and O–H groups in total. The van der Waals surface area contributed by atoms with E-state index < -0.39 is 0 Å². The fraction of sp³-hybridized carbons (Fsp3) is 0.529. The van der Waals surface area contributed by atoms with Gasteiger partial charge in [0.1, 0.15) is 17.6 Å². The fourth-order valence-corrected chi connectivity index (χ4v) is 1.92. The lowest BCUT2D eigenvalue weighted by molar-refractivity contribution is -0.128. The zero-order valence-electron chi connectivity index (χ0n) is 15.5. The van der Waals surface area contributed by atoms with Gasteiger partial charge in [0.25, 0.3) is 0 Å². The first-order valence-electron chi connectivity index (χ1n) is 7.91. The Bertz CT molecular complexity index is 552. The summed E-state index contributed by atoms with van der Waals surface area (Å²) in [6.07, 6.45) is 0.364. The maximum atomic E-state index is 11.5. The number of carbonyl (C=O) groups excluding carboxylic acids is 1. The second-order valence-electron chi connectivity index (χ2n) is 5.53. The summed E-state index contributed by atoms with van der Waals surface area (Å²) >= 11 is 0. The molecule has 7 nitrogen and oxygen atoms in total. The summed E-state index contributed by atoms with van der Waals surface area (Å²) in [4.78, 5) is 17.2. The predicted octanol–water partition coefficient (Wildman–Crippen LogP) is 1.72. The first-order chi connectivity index (χ1) is 11.5. The third-order valence-corrected chi connectivity index (χ3v) is 3.29. The number of carbonyl (C=O) groups is 1. The Morgan fingerprint density at radius 1 is 1.28 bits per heavy atom. The van der Waals surface area contributed by atoms with E-state index in [0.29, 0.717) is 25.5 Å². The van der Waals surface area contributed by atoms with Gasteiger partial charge in [-0.1, -0.05) is 6.07 Å². The summed E-state index contributed by atoms with van der Waals surface area (Å²) in [6.45, 7) is 3.08. The van der Waals surface area contributed by atoms with Gasteiger partial charge in [-0.2, -0.15) is 0 Å². The Morgan fingerprint density at radius 3 is 2.56 bits per heavy atom. The van der Waals surface area contributed by atoms with E-state index in [1.165, 1.54) is 0 Å². The molecule has 0 spiro atoms. The van der Waals surface area contributed by atoms with Crippen LogP contribution < -0.4 is 20.1 Å². The molecule has 1 aromatic carbocycles. The van der Waals surface area contributed by atoms with Gasteiger partial charge in [0.05, 0.1) is 13.7 Å². The number of rotatable bonds is 8. The maximum absolute atomic E-state index is 11.5. The summed E-state index contributed by atoms with van der Waals surface area (Å²) in [5.41, 5.74) is 0. The van der Waals surface area contributed by atoms with Crippen LogP contribution in [-0.4, -0.2) is 64.2 Å². The molecule has 0 saturated heterocycles. The van der Waals surface area contributed by atoms with Crippen LogP contribution >= 0.6 is 24.0 Å². The average molecular weight is 464 g/mol. The van der Waals surface area contributed by atoms with Crippen molar-refractivity contribution in [2.75, 3.05) is 41.3 Å². The molecular formula is C17H29IN4O3. The topological polar surface area (TPSA) is 75.2 Å². The second kappa shape index (κ2) is 12.6. The molecule has 25 heavy (non-hydrogen) atoms. The Balaban J connectivity index is 0.00000576. The summed E-state index contributed by atoms with van der Waals surface area (Å²) in [5, 5.41) is 6.29. The largest absolute Gasteiger partial charge is 0.497 e. The van der Waals surface area contributed by atoms with Gasteiger partial charge in [-0.25, -0.2) is 0 Å². The Labute approximate surface area is 167 Å². The van der Waals surface area contributed by atoms with Gasteiger partial charge in [-0.05, 0) is 19.1 Å². The van der Waals surface area contributed by atoms with Crippen LogP contribution in [0.4, 0.5) is 0 Å². The van der Waals surface area contributed by atoms with Crippen molar-refractivity contribution in [2.45, 2.75) is 19.4 Å². The highest BCUT2D eigenvalue weighted by Gasteiger charge is 2.08. The van der Waals surface area contributed by atoms with Gasteiger partial charge in [0, 0.05) is 40.2 Å². The molecule has 0 heterocycles. The molecule has 0 aliphatic carbocycles. The quantitative estimate of drug-likeness (QED) is 0.348. The summed E-state index contributed by atoms with van der Waals surface area (Å²) < 4.78 is 11.0. The molecule has 1 aromatic rings. The van der Waals surface area contributed by atoms with E-state index in [4.69, 9.17) is 9.47 Å². The minimum Gasteiger partial charge on any atom is -0.497 e. The van der Waals surface area contributed by atoms with Crippen molar-refractivity contribution < 1.29 is 14.3 Å². The molecule has 0 fully saturated rings. The molecule has 0 aromatic heterocycles. The molecule has 1 unspecified atom stereocenters. The number of guanidine groups is 1. The van der Waals surface area contributed by atoms with Crippen molar-refractivity contribution in [1.29, 1.82) is 0 Å². The highest BCUT2D eigenvalue weighted by molar-refractivity contribution is 14.0. The molecule has 0 aliphatic rings. The standard InChI is InChI=1S/C17H28N4O3.HI/c1-13(24-15-8-6-7-14(11-15)23-5)12-20-17(18-2)19-10-9-16(22)21(3)4;/h6-8,11,13H,9-10,12H2,1-5H3,(H2,18,19,20);1H. The van der Waals surface area contributed by atoms with Crippen molar-refractivity contribution in [3.05, 3.63) is 24.3 Å². The SMILES string of the molecule is CN=C(NCCC(=O)N(C)C)NCC(C)Oc1cccc(OC)c1.I. The van der Waals surface area contributed by atoms with Gasteiger partial charge in [0.15, 0.2) is 5.96 Å². The molecule has 0 radical (unpaired) electrons. The number of benzene rings is 1. The number of hydrogen-bond donors (Lipinski definition) is 2. The molecule has 1 rings (SSSR count). The van der Waals surface area contributed by atoms with Crippen LogP contribution in [0.2, 0.25) is 0 Å². The number of methoxy groups -OCH3 is 1. The Hall–Kier alpha value is -1.71. The number of hydrogen-bond acceptors (Lipinski definition) is 4. The molecule has 1 amide bonds. The van der Waals surface area contributed by atoms with Gasteiger partial charge >= 0.3 is 0 Å². The van der Waals surface area contributed by atoms with Gasteiger partial charge in [-0.3, -0.25) is 9.79 Å². The van der Waals surface area contributed by atoms with Crippen molar-refractivity contribution in [2.24, 2.45) is 4.99 Å². The third-order valence-electron chi connectivity index (χ3n) is 3.29. The summed E-state index contributed by atoms with van der Waals surface area (Å²) in [7, 11) is 6.80. The van der Waals surface area contributed by atoms with E-state index in [1.807, 2.05) is 31.2 Å². The van der Waals surface area contributed by atoms with E-state index in [-0.39, 0.29) is 36.0 Å². The van der Waals surface area contributed by atoms with Gasteiger partial charge < -0.3 is 25.0 Å². The lowest BCUT2D eigenvalue weighted by Gasteiger charge is -2.18. The van der Waals surface area contributed by atoms with Crippen LogP contribution in [-0.2, 0) is 4.79 Å². The lowest BCUT2D eigenvalue weighted by Crippen LogP contribution is -2.42. The van der Waals surface area contributed by atoms with Crippen LogP contribution in [0.3, 0.4) is 0 Å². The number of amides is 1. The first kappa shape index (κ1) is 23.3. The molecule has 0 aliphatic heterocycles. The third kappa shape index (κ3) is 9.37. The van der Waals surface area contributed by atoms with E-state index in [1.54, 1.807) is 33.2 Å². The first-order valence-corrected chi connectivity index (χ1v) is 7.91. The van der Waals surface area contributed by atoms with Crippen molar-refractivity contribution in [3.63, 3.8) is 0 Å². The van der Waals surface area contributed by atoms with Gasteiger partial charge in [0.2, 0.25) is 5.91 Å². The summed E-state index contributed by atoms with van der Waals surface area (Å²) in [5.74, 6) is 2.23. The minimum absolute atomic E-state index is 0. The highest BCUT2D eigenvalue weighted by atomic mass is 127. The van der Waals surface area contributed by atoms with E-state index in [0.717, 1.165) is 11.5 Å². The van der Waals surface area contributed by atoms with Crippen LogP contribution in [0.5, 0.6) is 11.5 Å². The predicted molar refractivity (Wildman–Crippen MR) is 111 cm³/mol. The van der Waals surface area contributed by atoms with Crippen LogP contribution in [0.25, 0.3) is 0 Å². The van der Waals surface area contributed by atoms with Crippen molar-refractivity contribution >= 4 is 35.8 Å². The number of nitrogens with zero attached hydrogens (tertiary/aromatic N) is 2. The molecule has 0 bridgehead atoms. The van der Waals surface area contributed by atoms with Crippen molar-refractivity contribution in [1.82, 2.24) is 15.5 Å². The zero-order chi connectivity index (χ0) is 17.9. The number of nitrogens with one attached hydrogen (secondary N) is 2. The normalized spacial score (nSPS) is 11.8. The average Bonchev–Trinajstić information content (AvgIpc) is 2.57. The van der Waals surface area contributed by atoms with Crippen molar-refractivity contribution in [3.8, 4) is 11.5 Å². The fourth-order valence-electron chi connectivity index (χ4n) is 1.92. The number of halogens is 1. The Kier molecular flexibility index (Phi) is 11.8.